The molecule has 0 spiro atoms. The maximum Gasteiger partial charge on any atom is 0.186 e. The zero-order valence-electron chi connectivity index (χ0n) is 11.6. The fourth-order valence-electron chi connectivity index (χ4n) is 1.85. The van der Waals surface area contributed by atoms with E-state index >= 15 is 0 Å². The van der Waals surface area contributed by atoms with E-state index in [-0.39, 0.29) is 11.9 Å². The van der Waals surface area contributed by atoms with Crippen molar-refractivity contribution in [2.45, 2.75) is 33.7 Å². The fourth-order valence-corrected chi connectivity index (χ4v) is 1.85. The predicted molar refractivity (Wildman–Crippen MR) is 72.5 cm³/mol. The van der Waals surface area contributed by atoms with Crippen LogP contribution in [0.2, 0.25) is 0 Å². The van der Waals surface area contributed by atoms with Crippen LogP contribution < -0.4 is 5.32 Å². The zero-order chi connectivity index (χ0) is 14.0. The molecule has 0 saturated carbocycles. The van der Waals surface area contributed by atoms with Crippen LogP contribution in [0.25, 0.3) is 11.5 Å². The Balaban J connectivity index is 2.53. The Hall–Kier alpha value is -1.98. The van der Waals surface area contributed by atoms with Crippen LogP contribution in [0, 0.1) is 12.7 Å². The molecule has 2 aromatic rings. The second kappa shape index (κ2) is 5.34. The molecule has 2 aromatic heterocycles. The van der Waals surface area contributed by atoms with Crippen molar-refractivity contribution in [3.8, 4) is 11.5 Å². The molecule has 0 aromatic carbocycles. The molecule has 0 aliphatic rings. The number of aromatic nitrogens is 4. The van der Waals surface area contributed by atoms with Gasteiger partial charge in [0.2, 0.25) is 0 Å². The van der Waals surface area contributed by atoms with Gasteiger partial charge in [-0.2, -0.15) is 0 Å². The summed E-state index contributed by atoms with van der Waals surface area (Å²) in [6.45, 7) is 8.24. The largest absolute Gasteiger partial charge is 0.368 e. The maximum absolute atomic E-state index is 13.9. The third-order valence-corrected chi connectivity index (χ3v) is 2.81. The Morgan fingerprint density at radius 3 is 2.74 bits per heavy atom. The van der Waals surface area contributed by atoms with Crippen LogP contribution in [0.5, 0.6) is 0 Å². The summed E-state index contributed by atoms with van der Waals surface area (Å²) in [5.74, 6) is 0.323. The molecule has 1 N–H and O–H groups in total. The SMILES string of the molecule is CCNc1nc(-c2cncn2C(C)C)nc(C)c1F. The molecule has 0 bridgehead atoms. The summed E-state index contributed by atoms with van der Waals surface area (Å²) in [4.78, 5) is 12.6. The molecular weight excluding hydrogens is 245 g/mol. The minimum absolute atomic E-state index is 0.238. The number of imidazole rings is 1. The second-order valence-electron chi connectivity index (χ2n) is 4.61. The van der Waals surface area contributed by atoms with Gasteiger partial charge in [-0.25, -0.2) is 19.3 Å². The van der Waals surface area contributed by atoms with Crippen LogP contribution in [0.3, 0.4) is 0 Å². The molecule has 2 rings (SSSR count). The van der Waals surface area contributed by atoms with Gasteiger partial charge < -0.3 is 9.88 Å². The molecule has 0 atom stereocenters. The topological polar surface area (TPSA) is 55.6 Å². The van der Waals surface area contributed by atoms with Gasteiger partial charge in [-0.1, -0.05) is 0 Å². The summed E-state index contributed by atoms with van der Waals surface area (Å²) in [6.07, 6.45) is 3.43. The maximum atomic E-state index is 13.9. The van der Waals surface area contributed by atoms with Crippen LogP contribution in [0.1, 0.15) is 32.5 Å². The van der Waals surface area contributed by atoms with E-state index < -0.39 is 5.82 Å². The van der Waals surface area contributed by atoms with Crippen LogP contribution in [-0.4, -0.2) is 26.1 Å². The number of nitrogens with zero attached hydrogens (tertiary/aromatic N) is 4. The molecular formula is C13H18FN5. The molecule has 0 saturated heterocycles. The van der Waals surface area contributed by atoms with Crippen LogP contribution in [0.15, 0.2) is 12.5 Å². The Kier molecular flexibility index (Phi) is 3.78. The average Bonchev–Trinajstić information content (AvgIpc) is 2.84. The monoisotopic (exact) mass is 263 g/mol. The first-order valence-electron chi connectivity index (χ1n) is 6.34. The quantitative estimate of drug-likeness (QED) is 0.921. The van der Waals surface area contributed by atoms with E-state index in [2.05, 4.69) is 20.3 Å². The Labute approximate surface area is 111 Å². The van der Waals surface area contributed by atoms with Gasteiger partial charge in [0.1, 0.15) is 5.69 Å². The molecule has 0 radical (unpaired) electrons. The van der Waals surface area contributed by atoms with E-state index in [0.717, 1.165) is 5.69 Å². The molecule has 0 aliphatic carbocycles. The van der Waals surface area contributed by atoms with Crippen molar-refractivity contribution in [3.63, 3.8) is 0 Å². The Morgan fingerprint density at radius 2 is 2.11 bits per heavy atom. The highest BCUT2D eigenvalue weighted by Gasteiger charge is 2.15. The summed E-state index contributed by atoms with van der Waals surface area (Å²) in [6, 6.07) is 0.244. The van der Waals surface area contributed by atoms with Crippen molar-refractivity contribution >= 4 is 5.82 Å². The highest BCUT2D eigenvalue weighted by atomic mass is 19.1. The summed E-state index contributed by atoms with van der Waals surface area (Å²) in [7, 11) is 0. The summed E-state index contributed by atoms with van der Waals surface area (Å²) >= 11 is 0. The summed E-state index contributed by atoms with van der Waals surface area (Å²) < 4.78 is 15.8. The van der Waals surface area contributed by atoms with Gasteiger partial charge in [-0.15, -0.1) is 0 Å². The van der Waals surface area contributed by atoms with Crippen LogP contribution in [-0.2, 0) is 0 Å². The number of nitrogens with one attached hydrogen (secondary N) is 1. The van der Waals surface area contributed by atoms with E-state index in [1.54, 1.807) is 19.4 Å². The lowest BCUT2D eigenvalue weighted by molar-refractivity contribution is 0.595. The third kappa shape index (κ3) is 2.57. The lowest BCUT2D eigenvalue weighted by atomic mass is 10.3. The first-order chi connectivity index (χ1) is 9.04. The van der Waals surface area contributed by atoms with Crippen molar-refractivity contribution in [1.29, 1.82) is 0 Å². The van der Waals surface area contributed by atoms with E-state index in [1.165, 1.54) is 0 Å². The normalized spacial score (nSPS) is 11.1. The van der Waals surface area contributed by atoms with E-state index in [4.69, 9.17) is 0 Å². The number of rotatable bonds is 4. The van der Waals surface area contributed by atoms with Gasteiger partial charge in [0.15, 0.2) is 17.5 Å². The average molecular weight is 263 g/mol. The predicted octanol–water partition coefficient (Wildman–Crippen LogP) is 2.80. The van der Waals surface area contributed by atoms with E-state index in [1.807, 2.05) is 25.3 Å². The standard InChI is InChI=1S/C13H18FN5/c1-5-16-13-11(14)9(4)17-12(18-13)10-6-15-7-19(10)8(2)3/h6-8H,5H2,1-4H3,(H,16,17,18). The minimum Gasteiger partial charge on any atom is -0.368 e. The van der Waals surface area contributed by atoms with Crippen molar-refractivity contribution in [1.82, 2.24) is 19.5 Å². The highest BCUT2D eigenvalue weighted by Crippen LogP contribution is 2.23. The van der Waals surface area contributed by atoms with Gasteiger partial charge in [0.05, 0.1) is 18.2 Å². The lowest BCUT2D eigenvalue weighted by Crippen LogP contribution is -2.09. The molecule has 102 valence electrons. The second-order valence-corrected chi connectivity index (χ2v) is 4.61. The van der Waals surface area contributed by atoms with Gasteiger partial charge >= 0.3 is 0 Å². The number of hydrogen-bond donors (Lipinski definition) is 1. The number of halogens is 1. The number of hydrogen-bond acceptors (Lipinski definition) is 4. The van der Waals surface area contributed by atoms with Crippen molar-refractivity contribution < 1.29 is 4.39 Å². The first-order valence-corrected chi connectivity index (χ1v) is 6.34. The number of aryl methyl sites for hydroxylation is 1. The van der Waals surface area contributed by atoms with Crippen LogP contribution in [0.4, 0.5) is 10.2 Å². The molecule has 0 fully saturated rings. The molecule has 0 amide bonds. The summed E-state index contributed by atoms with van der Waals surface area (Å²) in [5, 5.41) is 2.91. The molecule has 2 heterocycles. The van der Waals surface area contributed by atoms with Gasteiger partial charge in [0.25, 0.3) is 0 Å². The number of anilines is 1. The molecule has 0 aliphatic heterocycles. The van der Waals surface area contributed by atoms with Gasteiger partial charge in [-0.3, -0.25) is 0 Å². The fraction of sp³-hybridized carbons (Fsp3) is 0.462. The summed E-state index contributed by atoms with van der Waals surface area (Å²) in [5.41, 5.74) is 1.12. The smallest absolute Gasteiger partial charge is 0.186 e. The first kappa shape index (κ1) is 13.5. The third-order valence-electron chi connectivity index (χ3n) is 2.81. The molecule has 6 heteroatoms. The highest BCUT2D eigenvalue weighted by molar-refractivity contribution is 5.53. The molecule has 0 unspecified atom stereocenters. The molecule has 5 nitrogen and oxygen atoms in total. The lowest BCUT2D eigenvalue weighted by Gasteiger charge is -2.13. The molecule has 19 heavy (non-hydrogen) atoms. The van der Waals surface area contributed by atoms with E-state index in [0.29, 0.717) is 18.1 Å². The van der Waals surface area contributed by atoms with Crippen molar-refractivity contribution in [2.75, 3.05) is 11.9 Å². The van der Waals surface area contributed by atoms with Crippen molar-refractivity contribution in [2.24, 2.45) is 0 Å². The minimum atomic E-state index is -0.402. The Bertz CT molecular complexity index is 576. The zero-order valence-corrected chi connectivity index (χ0v) is 11.6. The van der Waals surface area contributed by atoms with Crippen molar-refractivity contribution in [3.05, 3.63) is 24.0 Å². The van der Waals surface area contributed by atoms with Gasteiger partial charge in [-0.05, 0) is 27.7 Å². The Morgan fingerprint density at radius 1 is 1.37 bits per heavy atom. The van der Waals surface area contributed by atoms with Crippen LogP contribution >= 0.6 is 0 Å². The van der Waals surface area contributed by atoms with E-state index in [9.17, 15) is 4.39 Å². The van der Waals surface area contributed by atoms with Gasteiger partial charge in [0, 0.05) is 12.6 Å².